The molecule has 1 heterocycles. The molecule has 1 aliphatic heterocycles. The number of ether oxygens (including phenoxy) is 1. The van der Waals surface area contributed by atoms with Crippen molar-refractivity contribution in [3.8, 4) is 5.75 Å². The summed E-state index contributed by atoms with van der Waals surface area (Å²) in [5.41, 5.74) is 2.98. The molecule has 0 radical (unpaired) electrons. The first kappa shape index (κ1) is 18.8. The molecule has 1 N–H and O–H groups in total. The highest BCUT2D eigenvalue weighted by atomic mass is 16.5. The van der Waals surface area contributed by atoms with Crippen LogP contribution >= 0.6 is 0 Å². The molecule has 2 aromatic carbocycles. The second-order valence-corrected chi connectivity index (χ2v) is 7.92. The van der Waals surface area contributed by atoms with Gasteiger partial charge in [-0.15, -0.1) is 0 Å². The second-order valence-electron chi connectivity index (χ2n) is 7.92. The van der Waals surface area contributed by atoms with E-state index in [1.807, 2.05) is 41.3 Å². The predicted octanol–water partition coefficient (Wildman–Crippen LogP) is 3.48. The molecular formula is C23H29N3O2. The normalized spacial score (nSPS) is 17.4. The molecule has 2 fully saturated rings. The van der Waals surface area contributed by atoms with Crippen LogP contribution in [0.25, 0.3) is 0 Å². The van der Waals surface area contributed by atoms with Gasteiger partial charge in [0.1, 0.15) is 5.75 Å². The van der Waals surface area contributed by atoms with E-state index in [0.717, 1.165) is 62.2 Å². The maximum atomic E-state index is 12.6. The smallest absolute Gasteiger partial charge is 0.253 e. The summed E-state index contributed by atoms with van der Waals surface area (Å²) in [6, 6.07) is 16.1. The number of benzene rings is 2. The molecule has 0 spiro atoms. The number of likely N-dealkylation sites (N-methyl/N-ethyl adjacent to an activating group) is 1. The van der Waals surface area contributed by atoms with E-state index in [-0.39, 0.29) is 5.91 Å². The lowest BCUT2D eigenvalue weighted by atomic mass is 10.1. The molecule has 0 atom stereocenters. The van der Waals surface area contributed by atoms with Crippen LogP contribution < -0.4 is 10.1 Å². The minimum atomic E-state index is 0.126. The van der Waals surface area contributed by atoms with Gasteiger partial charge in [0.25, 0.3) is 5.91 Å². The summed E-state index contributed by atoms with van der Waals surface area (Å²) in [4.78, 5) is 16.8. The van der Waals surface area contributed by atoms with Gasteiger partial charge in [0.05, 0.1) is 6.61 Å². The number of piperazine rings is 1. The number of hydrogen-bond donors (Lipinski definition) is 1. The van der Waals surface area contributed by atoms with Gasteiger partial charge in [-0.3, -0.25) is 4.79 Å². The van der Waals surface area contributed by atoms with Crippen molar-refractivity contribution in [1.82, 2.24) is 9.80 Å². The minimum absolute atomic E-state index is 0.126. The summed E-state index contributed by atoms with van der Waals surface area (Å²) in [6.45, 7) is 5.07. The molecule has 28 heavy (non-hydrogen) atoms. The van der Waals surface area contributed by atoms with Gasteiger partial charge >= 0.3 is 0 Å². The fraction of sp³-hybridized carbons (Fsp3) is 0.435. The first-order valence-electron chi connectivity index (χ1n) is 10.2. The van der Waals surface area contributed by atoms with Gasteiger partial charge in [0, 0.05) is 44.0 Å². The number of carbonyl (C=O) groups is 1. The number of nitrogens with zero attached hydrogens (tertiary/aromatic N) is 2. The average Bonchev–Trinajstić information content (AvgIpc) is 3.56. The van der Waals surface area contributed by atoms with Crippen LogP contribution in [0, 0.1) is 5.92 Å². The maximum Gasteiger partial charge on any atom is 0.253 e. The Bertz CT molecular complexity index is 776. The minimum Gasteiger partial charge on any atom is -0.493 e. The van der Waals surface area contributed by atoms with Crippen LogP contribution in [0.3, 0.4) is 0 Å². The van der Waals surface area contributed by atoms with E-state index < -0.39 is 0 Å². The zero-order valence-electron chi connectivity index (χ0n) is 16.6. The lowest BCUT2D eigenvalue weighted by molar-refractivity contribution is 0.0664. The summed E-state index contributed by atoms with van der Waals surface area (Å²) < 4.78 is 5.78. The van der Waals surface area contributed by atoms with E-state index >= 15 is 0 Å². The van der Waals surface area contributed by atoms with E-state index in [4.69, 9.17) is 4.74 Å². The van der Waals surface area contributed by atoms with Gasteiger partial charge in [0.2, 0.25) is 0 Å². The van der Waals surface area contributed by atoms with Crippen molar-refractivity contribution >= 4 is 11.6 Å². The summed E-state index contributed by atoms with van der Waals surface area (Å²) in [5, 5.41) is 3.42. The summed E-state index contributed by atoms with van der Waals surface area (Å²) in [5.74, 6) is 1.84. The molecule has 1 aliphatic carbocycles. The quantitative estimate of drug-likeness (QED) is 0.800. The molecule has 148 valence electrons. The molecule has 0 bridgehead atoms. The van der Waals surface area contributed by atoms with Crippen molar-refractivity contribution in [2.75, 3.05) is 45.2 Å². The fourth-order valence-corrected chi connectivity index (χ4v) is 3.33. The van der Waals surface area contributed by atoms with E-state index in [2.05, 4.69) is 29.4 Å². The highest BCUT2D eigenvalue weighted by Crippen LogP contribution is 2.29. The van der Waals surface area contributed by atoms with Crippen LogP contribution in [0.2, 0.25) is 0 Å². The molecule has 4 rings (SSSR count). The highest BCUT2D eigenvalue weighted by Gasteiger charge is 2.22. The molecule has 5 nitrogen and oxygen atoms in total. The number of carbonyl (C=O) groups excluding carboxylic acids is 1. The largest absolute Gasteiger partial charge is 0.493 e. The Labute approximate surface area is 167 Å². The topological polar surface area (TPSA) is 44.8 Å². The Morgan fingerprint density at radius 2 is 1.68 bits per heavy atom. The average molecular weight is 380 g/mol. The lowest BCUT2D eigenvalue weighted by Crippen LogP contribution is -2.47. The Morgan fingerprint density at radius 1 is 1.00 bits per heavy atom. The van der Waals surface area contributed by atoms with Crippen molar-refractivity contribution in [2.45, 2.75) is 19.4 Å². The van der Waals surface area contributed by atoms with Crippen LogP contribution in [-0.2, 0) is 6.54 Å². The number of hydrogen-bond acceptors (Lipinski definition) is 4. The van der Waals surface area contributed by atoms with Crippen LogP contribution in [0.15, 0.2) is 48.5 Å². The maximum absolute atomic E-state index is 12.6. The number of rotatable bonds is 7. The number of amides is 1. The Kier molecular flexibility index (Phi) is 5.81. The Morgan fingerprint density at radius 3 is 2.32 bits per heavy atom. The third kappa shape index (κ3) is 5.04. The standard InChI is InChI=1S/C23H29N3O2/c1-25-12-14-26(15-13-25)23(27)20-6-8-21(9-7-20)24-16-18-4-10-22(11-5-18)28-17-19-2-3-19/h4-11,19,24H,2-3,12-17H2,1H3. The third-order valence-electron chi connectivity index (χ3n) is 5.52. The van der Waals surface area contributed by atoms with E-state index in [1.165, 1.54) is 18.4 Å². The van der Waals surface area contributed by atoms with Crippen molar-refractivity contribution in [1.29, 1.82) is 0 Å². The van der Waals surface area contributed by atoms with Crippen molar-refractivity contribution in [3.05, 3.63) is 59.7 Å². The first-order chi connectivity index (χ1) is 13.7. The van der Waals surface area contributed by atoms with Crippen LogP contribution in [-0.4, -0.2) is 55.5 Å². The SMILES string of the molecule is CN1CCN(C(=O)c2ccc(NCc3ccc(OCC4CC4)cc3)cc2)CC1. The molecule has 0 unspecified atom stereocenters. The van der Waals surface area contributed by atoms with E-state index in [0.29, 0.717) is 0 Å². The Hall–Kier alpha value is -2.53. The zero-order valence-corrected chi connectivity index (χ0v) is 16.6. The molecule has 2 aromatic rings. The van der Waals surface area contributed by atoms with Gasteiger partial charge in [-0.1, -0.05) is 12.1 Å². The van der Waals surface area contributed by atoms with Crippen LogP contribution in [0.4, 0.5) is 5.69 Å². The second kappa shape index (κ2) is 8.65. The van der Waals surface area contributed by atoms with Crippen molar-refractivity contribution in [3.63, 3.8) is 0 Å². The van der Waals surface area contributed by atoms with Crippen molar-refractivity contribution in [2.24, 2.45) is 5.92 Å². The molecule has 1 saturated heterocycles. The lowest BCUT2D eigenvalue weighted by Gasteiger charge is -2.32. The van der Waals surface area contributed by atoms with E-state index in [1.54, 1.807) is 0 Å². The van der Waals surface area contributed by atoms with Crippen molar-refractivity contribution < 1.29 is 9.53 Å². The number of anilines is 1. The molecule has 0 aromatic heterocycles. The summed E-state index contributed by atoms with van der Waals surface area (Å²) in [7, 11) is 2.09. The van der Waals surface area contributed by atoms with Gasteiger partial charge in [-0.05, 0) is 67.8 Å². The van der Waals surface area contributed by atoms with Crippen LogP contribution in [0.5, 0.6) is 5.75 Å². The zero-order chi connectivity index (χ0) is 19.3. The molecule has 5 heteroatoms. The van der Waals surface area contributed by atoms with Gasteiger partial charge in [0.15, 0.2) is 0 Å². The summed E-state index contributed by atoms with van der Waals surface area (Å²) >= 11 is 0. The third-order valence-corrected chi connectivity index (χ3v) is 5.52. The van der Waals surface area contributed by atoms with Gasteiger partial charge in [-0.25, -0.2) is 0 Å². The molecule has 1 saturated carbocycles. The first-order valence-corrected chi connectivity index (χ1v) is 10.2. The fourth-order valence-electron chi connectivity index (χ4n) is 3.33. The molecular weight excluding hydrogens is 350 g/mol. The highest BCUT2D eigenvalue weighted by molar-refractivity contribution is 5.94. The van der Waals surface area contributed by atoms with Crippen LogP contribution in [0.1, 0.15) is 28.8 Å². The molecule has 2 aliphatic rings. The van der Waals surface area contributed by atoms with Gasteiger partial charge < -0.3 is 19.9 Å². The Balaban J connectivity index is 1.26. The van der Waals surface area contributed by atoms with Gasteiger partial charge in [-0.2, -0.15) is 0 Å². The van der Waals surface area contributed by atoms with E-state index in [9.17, 15) is 4.79 Å². The predicted molar refractivity (Wildman–Crippen MR) is 112 cm³/mol. The molecule has 1 amide bonds. The number of nitrogens with one attached hydrogen (secondary N) is 1. The monoisotopic (exact) mass is 379 g/mol. The summed E-state index contributed by atoms with van der Waals surface area (Å²) in [6.07, 6.45) is 2.61.